The monoisotopic (exact) mass is 292 g/mol. The van der Waals surface area contributed by atoms with Gasteiger partial charge in [-0.05, 0) is 47.0 Å². The molecule has 0 bridgehead atoms. The molecule has 0 atom stereocenters. The van der Waals surface area contributed by atoms with Crippen molar-refractivity contribution in [3.05, 3.63) is 12.4 Å². The van der Waals surface area contributed by atoms with Crippen LogP contribution in [0.15, 0.2) is 12.4 Å². The summed E-state index contributed by atoms with van der Waals surface area (Å²) in [6.45, 7) is 7.95. The predicted molar refractivity (Wildman–Crippen MR) is 77.4 cm³/mol. The van der Waals surface area contributed by atoms with Gasteiger partial charge in [-0.15, -0.1) is 0 Å². The Kier molecular flexibility index (Phi) is 3.01. The minimum Gasteiger partial charge on any atom is -0.479 e. The molecule has 1 saturated carbocycles. The average molecular weight is 292 g/mol. The van der Waals surface area contributed by atoms with Gasteiger partial charge in [0.25, 0.3) is 0 Å². The lowest BCUT2D eigenvalue weighted by molar-refractivity contribution is -0.153. The number of nitrogens with zero attached hydrogens (tertiary/aromatic N) is 2. The van der Waals surface area contributed by atoms with E-state index in [0.29, 0.717) is 12.8 Å². The van der Waals surface area contributed by atoms with Gasteiger partial charge < -0.3 is 14.4 Å². The molecule has 0 radical (unpaired) electrons. The fourth-order valence-corrected chi connectivity index (χ4v) is 2.72. The maximum absolute atomic E-state index is 11.5. The smallest absolute Gasteiger partial charge is 0.479 e. The minimum atomic E-state index is -0.887. The predicted octanol–water partition coefficient (Wildman–Crippen LogP) is 1.15. The topological polar surface area (TPSA) is 73.6 Å². The molecule has 1 saturated heterocycles. The second-order valence-electron chi connectivity index (χ2n) is 7.00. The summed E-state index contributed by atoms with van der Waals surface area (Å²) >= 11 is 0. The first-order valence-electron chi connectivity index (χ1n) is 7.32. The number of aromatic nitrogens is 2. The van der Waals surface area contributed by atoms with Crippen LogP contribution < -0.4 is 5.46 Å². The van der Waals surface area contributed by atoms with Crippen LogP contribution in [0.3, 0.4) is 0 Å². The summed E-state index contributed by atoms with van der Waals surface area (Å²) in [6.07, 6.45) is 5.54. The van der Waals surface area contributed by atoms with Gasteiger partial charge in [-0.3, -0.25) is 4.68 Å². The van der Waals surface area contributed by atoms with Crippen molar-refractivity contribution in [2.45, 2.75) is 63.7 Å². The van der Waals surface area contributed by atoms with Crippen LogP contribution in [0.5, 0.6) is 0 Å². The quantitative estimate of drug-likeness (QED) is 0.846. The first-order chi connectivity index (χ1) is 9.68. The molecule has 0 aromatic carbocycles. The zero-order valence-corrected chi connectivity index (χ0v) is 12.9. The van der Waals surface area contributed by atoms with E-state index in [1.807, 2.05) is 27.7 Å². The molecule has 0 unspecified atom stereocenters. The van der Waals surface area contributed by atoms with Crippen LogP contribution in [0.25, 0.3) is 0 Å². The third kappa shape index (κ3) is 2.02. The first-order valence-corrected chi connectivity index (χ1v) is 7.32. The molecule has 2 aliphatic rings. The van der Waals surface area contributed by atoms with Crippen molar-refractivity contribution in [1.29, 1.82) is 0 Å². The molecule has 2 heterocycles. The summed E-state index contributed by atoms with van der Waals surface area (Å²) in [7, 11) is -0.505. The molecule has 0 amide bonds. The van der Waals surface area contributed by atoms with E-state index in [2.05, 4.69) is 5.10 Å². The number of hydrogen-bond acceptors (Lipinski definition) is 4. The Morgan fingerprint density at radius 2 is 1.86 bits per heavy atom. The average Bonchev–Trinajstić information content (AvgIpc) is 2.81. The van der Waals surface area contributed by atoms with E-state index in [-0.39, 0.29) is 0 Å². The molecule has 1 N–H and O–H groups in total. The molecule has 1 aromatic rings. The lowest BCUT2D eigenvalue weighted by atomic mass is 9.76. The van der Waals surface area contributed by atoms with Crippen molar-refractivity contribution >= 4 is 18.6 Å². The van der Waals surface area contributed by atoms with Crippen LogP contribution in [-0.2, 0) is 19.6 Å². The highest BCUT2D eigenvalue weighted by Crippen LogP contribution is 2.39. The Labute approximate surface area is 124 Å². The molecule has 0 spiro atoms. The van der Waals surface area contributed by atoms with E-state index in [0.717, 1.165) is 11.9 Å². The van der Waals surface area contributed by atoms with Crippen LogP contribution >= 0.6 is 0 Å². The summed E-state index contributed by atoms with van der Waals surface area (Å²) in [5.41, 5.74) is -0.954. The number of rotatable bonds is 3. The van der Waals surface area contributed by atoms with E-state index < -0.39 is 29.8 Å². The van der Waals surface area contributed by atoms with Crippen molar-refractivity contribution in [2.24, 2.45) is 0 Å². The van der Waals surface area contributed by atoms with Gasteiger partial charge in [-0.1, -0.05) is 0 Å². The van der Waals surface area contributed by atoms with Crippen LogP contribution in [0.4, 0.5) is 0 Å². The van der Waals surface area contributed by atoms with Crippen LogP contribution in [0.1, 0.15) is 47.0 Å². The van der Waals surface area contributed by atoms with Gasteiger partial charge in [0.05, 0.1) is 11.2 Å². The SMILES string of the molecule is CC1(C)OB(c2cnn(C3(C(=O)O)CCC3)c2)OC1(C)C. The fraction of sp³-hybridized carbons (Fsp3) is 0.714. The van der Waals surface area contributed by atoms with Crippen molar-refractivity contribution in [2.75, 3.05) is 0 Å². The summed E-state index contributed by atoms with van der Waals surface area (Å²) in [6, 6.07) is 0. The molecule has 21 heavy (non-hydrogen) atoms. The highest BCUT2D eigenvalue weighted by Gasteiger charge is 2.53. The maximum atomic E-state index is 11.5. The highest BCUT2D eigenvalue weighted by atomic mass is 16.7. The van der Waals surface area contributed by atoms with Gasteiger partial charge in [0.2, 0.25) is 0 Å². The van der Waals surface area contributed by atoms with Gasteiger partial charge in [-0.25, -0.2) is 4.79 Å². The standard InChI is InChI=1S/C14H21BN2O4/c1-12(2)13(3,4)21-15(20-12)10-8-16-17(9-10)14(11(18)19)6-5-7-14/h8-9H,5-7H2,1-4H3,(H,18,19). The molecule has 6 nitrogen and oxygen atoms in total. The summed E-state index contributed by atoms with van der Waals surface area (Å²) in [4.78, 5) is 11.5. The third-order valence-corrected chi connectivity index (χ3v) is 5.15. The van der Waals surface area contributed by atoms with E-state index in [1.54, 1.807) is 17.1 Å². The number of hydrogen-bond donors (Lipinski definition) is 1. The lowest BCUT2D eigenvalue weighted by Crippen LogP contribution is -2.48. The minimum absolute atomic E-state index is 0.416. The van der Waals surface area contributed by atoms with Gasteiger partial charge in [0.15, 0.2) is 5.54 Å². The zero-order valence-electron chi connectivity index (χ0n) is 12.9. The molecule has 2 fully saturated rings. The van der Waals surface area contributed by atoms with Gasteiger partial charge in [0, 0.05) is 17.9 Å². The molecule has 1 aliphatic heterocycles. The zero-order chi connectivity index (χ0) is 15.5. The van der Waals surface area contributed by atoms with Crippen molar-refractivity contribution in [3.8, 4) is 0 Å². The summed E-state index contributed by atoms with van der Waals surface area (Å²) in [5, 5.41) is 13.7. The summed E-state index contributed by atoms with van der Waals surface area (Å²) in [5.74, 6) is -0.822. The van der Waals surface area contributed by atoms with Crippen LogP contribution in [0, 0.1) is 0 Å². The number of carbonyl (C=O) groups is 1. The highest BCUT2D eigenvalue weighted by molar-refractivity contribution is 6.62. The Balaban J connectivity index is 1.85. The van der Waals surface area contributed by atoms with Gasteiger partial charge >= 0.3 is 13.1 Å². The second-order valence-corrected chi connectivity index (χ2v) is 7.00. The number of carboxylic acid groups (broad SMARTS) is 1. The van der Waals surface area contributed by atoms with Gasteiger partial charge in [0.1, 0.15) is 0 Å². The van der Waals surface area contributed by atoms with Gasteiger partial charge in [-0.2, -0.15) is 5.10 Å². The molecule has 1 aliphatic carbocycles. The Bertz CT molecular complexity index is 561. The van der Waals surface area contributed by atoms with Crippen LogP contribution in [-0.4, -0.2) is 39.2 Å². The first kappa shape index (κ1) is 14.6. The third-order valence-electron chi connectivity index (χ3n) is 5.15. The van der Waals surface area contributed by atoms with E-state index in [9.17, 15) is 9.90 Å². The largest absolute Gasteiger partial charge is 0.498 e. The Morgan fingerprint density at radius 3 is 2.29 bits per heavy atom. The molecule has 1 aromatic heterocycles. The van der Waals surface area contributed by atoms with Crippen molar-refractivity contribution < 1.29 is 19.2 Å². The van der Waals surface area contributed by atoms with E-state index >= 15 is 0 Å². The molecule has 114 valence electrons. The number of carboxylic acids is 1. The molecular weight excluding hydrogens is 271 g/mol. The normalized spacial score (nSPS) is 25.6. The second kappa shape index (κ2) is 4.33. The van der Waals surface area contributed by atoms with E-state index in [4.69, 9.17) is 9.31 Å². The van der Waals surface area contributed by atoms with Crippen molar-refractivity contribution in [1.82, 2.24) is 9.78 Å². The lowest BCUT2D eigenvalue weighted by Gasteiger charge is -2.37. The van der Waals surface area contributed by atoms with Crippen LogP contribution in [0.2, 0.25) is 0 Å². The maximum Gasteiger partial charge on any atom is 0.498 e. The fourth-order valence-electron chi connectivity index (χ4n) is 2.72. The Hall–Kier alpha value is -1.34. The van der Waals surface area contributed by atoms with E-state index in [1.165, 1.54) is 0 Å². The molecular formula is C14H21BN2O4. The Morgan fingerprint density at radius 1 is 1.29 bits per heavy atom. The van der Waals surface area contributed by atoms with Crippen molar-refractivity contribution in [3.63, 3.8) is 0 Å². The number of aliphatic carboxylic acids is 1. The molecule has 3 rings (SSSR count). The summed E-state index contributed by atoms with van der Waals surface area (Å²) < 4.78 is 13.5. The molecule has 7 heteroatoms.